The van der Waals surface area contributed by atoms with Gasteiger partial charge in [-0.15, -0.1) is 0 Å². The highest BCUT2D eigenvalue weighted by atomic mass is 19.4. The summed E-state index contributed by atoms with van der Waals surface area (Å²) in [6.45, 7) is 4.20. The van der Waals surface area contributed by atoms with Crippen molar-refractivity contribution in [2.75, 3.05) is 6.54 Å². The molecule has 0 radical (unpaired) electrons. The predicted molar refractivity (Wildman–Crippen MR) is 64.2 cm³/mol. The lowest BCUT2D eigenvalue weighted by Crippen LogP contribution is -2.29. The number of aliphatic hydroxyl groups is 1. The maximum Gasteiger partial charge on any atom is 0.416 e. The van der Waals surface area contributed by atoms with Crippen LogP contribution in [0, 0.1) is 0 Å². The molecule has 0 aliphatic heterocycles. The molecule has 0 saturated heterocycles. The Labute approximate surface area is 105 Å². The van der Waals surface area contributed by atoms with Gasteiger partial charge < -0.3 is 10.4 Å². The molecule has 0 spiro atoms. The van der Waals surface area contributed by atoms with Gasteiger partial charge >= 0.3 is 6.18 Å². The second-order valence-electron chi connectivity index (χ2n) is 4.36. The van der Waals surface area contributed by atoms with Gasteiger partial charge in [-0.1, -0.05) is 19.1 Å². The summed E-state index contributed by atoms with van der Waals surface area (Å²) in [7, 11) is 0. The molecule has 5 heteroatoms. The van der Waals surface area contributed by atoms with Crippen LogP contribution in [0.4, 0.5) is 13.2 Å². The van der Waals surface area contributed by atoms with Crippen LogP contribution in [0.25, 0.3) is 0 Å². The summed E-state index contributed by atoms with van der Waals surface area (Å²) in [4.78, 5) is 0. The van der Waals surface area contributed by atoms with Crippen LogP contribution in [0.3, 0.4) is 0 Å². The summed E-state index contributed by atoms with van der Waals surface area (Å²) in [5.74, 6) is 0. The van der Waals surface area contributed by atoms with Gasteiger partial charge in [-0.05, 0) is 31.0 Å². The highest BCUT2D eigenvalue weighted by Crippen LogP contribution is 2.30. The number of aliphatic hydroxyl groups excluding tert-OH is 1. The summed E-state index contributed by atoms with van der Waals surface area (Å²) in [5.41, 5.74) is -0.455. The molecule has 0 saturated carbocycles. The molecule has 0 heterocycles. The monoisotopic (exact) mass is 261 g/mol. The minimum absolute atomic E-state index is 0.227. The fraction of sp³-hybridized carbons (Fsp3) is 0.538. The van der Waals surface area contributed by atoms with E-state index in [9.17, 15) is 18.3 Å². The van der Waals surface area contributed by atoms with Gasteiger partial charge in [0.15, 0.2) is 0 Å². The maximum atomic E-state index is 12.5. The molecule has 1 rings (SSSR count). The van der Waals surface area contributed by atoms with Crippen molar-refractivity contribution >= 4 is 0 Å². The van der Waals surface area contributed by atoms with Gasteiger partial charge in [-0.25, -0.2) is 0 Å². The lowest BCUT2D eigenvalue weighted by molar-refractivity contribution is -0.137. The predicted octanol–water partition coefficient (Wildman–Crippen LogP) is 3.13. The van der Waals surface area contributed by atoms with Crippen molar-refractivity contribution in [3.63, 3.8) is 0 Å². The third kappa shape index (κ3) is 4.31. The smallest absolute Gasteiger partial charge is 0.387 e. The molecule has 0 amide bonds. The van der Waals surface area contributed by atoms with E-state index in [0.29, 0.717) is 0 Å². The molecule has 1 aromatic carbocycles. The molecule has 0 aliphatic rings. The maximum absolute atomic E-state index is 12.5. The Hall–Kier alpha value is -1.07. The second-order valence-corrected chi connectivity index (χ2v) is 4.36. The summed E-state index contributed by atoms with van der Waals surface area (Å²) in [6, 6.07) is 5.02. The highest BCUT2D eigenvalue weighted by molar-refractivity contribution is 5.27. The van der Waals surface area contributed by atoms with E-state index < -0.39 is 17.8 Å². The average molecular weight is 261 g/mol. The standard InChI is InChI=1S/C13H18F3NO/c1-3-9(2)17-8-12(18)10-5-4-6-11(7-10)13(14,15)16/h4-7,9,12,17-18H,3,8H2,1-2H3. The largest absolute Gasteiger partial charge is 0.416 e. The number of nitrogens with one attached hydrogen (secondary N) is 1. The minimum atomic E-state index is -4.38. The Kier molecular flexibility index (Phi) is 5.16. The molecule has 18 heavy (non-hydrogen) atoms. The van der Waals surface area contributed by atoms with E-state index in [0.717, 1.165) is 18.6 Å². The number of halogens is 3. The van der Waals surface area contributed by atoms with E-state index in [4.69, 9.17) is 0 Å². The average Bonchev–Trinajstić information content (AvgIpc) is 2.34. The van der Waals surface area contributed by atoms with Gasteiger partial charge in [-0.2, -0.15) is 13.2 Å². The van der Waals surface area contributed by atoms with E-state index in [1.807, 2.05) is 13.8 Å². The van der Waals surface area contributed by atoms with Crippen molar-refractivity contribution in [3.8, 4) is 0 Å². The van der Waals surface area contributed by atoms with Crippen LogP contribution in [-0.2, 0) is 6.18 Å². The van der Waals surface area contributed by atoms with Crippen molar-refractivity contribution in [1.82, 2.24) is 5.32 Å². The number of alkyl halides is 3. The van der Waals surface area contributed by atoms with Crippen molar-refractivity contribution in [1.29, 1.82) is 0 Å². The molecule has 0 fully saturated rings. The second kappa shape index (κ2) is 6.20. The summed E-state index contributed by atoms with van der Waals surface area (Å²) >= 11 is 0. The van der Waals surface area contributed by atoms with Gasteiger partial charge in [0.2, 0.25) is 0 Å². The Balaban J connectivity index is 2.71. The molecule has 2 nitrogen and oxygen atoms in total. The van der Waals surface area contributed by atoms with Crippen molar-refractivity contribution in [2.24, 2.45) is 0 Å². The number of rotatable bonds is 5. The Morgan fingerprint density at radius 3 is 2.56 bits per heavy atom. The molecule has 2 atom stereocenters. The van der Waals surface area contributed by atoms with E-state index in [1.54, 1.807) is 0 Å². The molecule has 1 aromatic rings. The van der Waals surface area contributed by atoms with Crippen molar-refractivity contribution in [3.05, 3.63) is 35.4 Å². The van der Waals surface area contributed by atoms with Crippen LogP contribution in [0.1, 0.15) is 37.5 Å². The minimum Gasteiger partial charge on any atom is -0.387 e. The van der Waals surface area contributed by atoms with E-state index in [2.05, 4.69) is 5.32 Å². The lowest BCUT2D eigenvalue weighted by Gasteiger charge is -2.17. The number of hydrogen-bond acceptors (Lipinski definition) is 2. The van der Waals surface area contributed by atoms with Gasteiger partial charge in [0.05, 0.1) is 11.7 Å². The number of benzene rings is 1. The van der Waals surface area contributed by atoms with E-state index in [-0.39, 0.29) is 18.2 Å². The highest BCUT2D eigenvalue weighted by Gasteiger charge is 2.30. The van der Waals surface area contributed by atoms with Gasteiger partial charge in [0.1, 0.15) is 0 Å². The SMILES string of the molecule is CCC(C)NCC(O)c1cccc(C(F)(F)F)c1. The third-order valence-electron chi connectivity index (χ3n) is 2.87. The molecule has 2 N–H and O–H groups in total. The molecule has 0 aliphatic carbocycles. The topological polar surface area (TPSA) is 32.3 Å². The first-order valence-electron chi connectivity index (χ1n) is 5.93. The van der Waals surface area contributed by atoms with Crippen molar-refractivity contribution < 1.29 is 18.3 Å². The summed E-state index contributed by atoms with van der Waals surface area (Å²) in [6.07, 6.45) is -4.41. The number of hydrogen-bond donors (Lipinski definition) is 2. The molecule has 0 aromatic heterocycles. The Morgan fingerprint density at radius 2 is 2.00 bits per heavy atom. The normalized spacial score (nSPS) is 15.4. The zero-order chi connectivity index (χ0) is 13.8. The van der Waals surface area contributed by atoms with Gasteiger partial charge in [0, 0.05) is 12.6 Å². The van der Waals surface area contributed by atoms with Crippen LogP contribution >= 0.6 is 0 Å². The van der Waals surface area contributed by atoms with Crippen LogP contribution in [-0.4, -0.2) is 17.7 Å². The first-order chi connectivity index (χ1) is 8.34. The molecule has 0 bridgehead atoms. The fourth-order valence-electron chi connectivity index (χ4n) is 1.50. The first kappa shape index (κ1) is 15.0. The summed E-state index contributed by atoms with van der Waals surface area (Å²) in [5, 5.41) is 12.9. The van der Waals surface area contributed by atoms with Crippen molar-refractivity contribution in [2.45, 2.75) is 38.6 Å². The van der Waals surface area contributed by atoms with Crippen LogP contribution < -0.4 is 5.32 Å². The van der Waals surface area contributed by atoms with Gasteiger partial charge in [0.25, 0.3) is 0 Å². The zero-order valence-corrected chi connectivity index (χ0v) is 10.5. The summed E-state index contributed by atoms with van der Waals surface area (Å²) < 4.78 is 37.5. The van der Waals surface area contributed by atoms with E-state index >= 15 is 0 Å². The van der Waals surface area contributed by atoms with Crippen LogP contribution in [0.5, 0.6) is 0 Å². The van der Waals surface area contributed by atoms with Crippen LogP contribution in [0.15, 0.2) is 24.3 Å². The Bertz CT molecular complexity index is 379. The Morgan fingerprint density at radius 1 is 1.33 bits per heavy atom. The third-order valence-corrected chi connectivity index (χ3v) is 2.87. The molecule has 102 valence electrons. The van der Waals surface area contributed by atoms with E-state index in [1.165, 1.54) is 12.1 Å². The molecular formula is C13H18F3NO. The van der Waals surface area contributed by atoms with Crippen LogP contribution in [0.2, 0.25) is 0 Å². The quantitative estimate of drug-likeness (QED) is 0.853. The zero-order valence-electron chi connectivity index (χ0n) is 10.5. The molecular weight excluding hydrogens is 243 g/mol. The lowest BCUT2D eigenvalue weighted by atomic mass is 10.1. The first-order valence-corrected chi connectivity index (χ1v) is 5.93. The van der Waals surface area contributed by atoms with Gasteiger partial charge in [-0.3, -0.25) is 0 Å². The molecule has 2 unspecified atom stereocenters. The fourth-order valence-corrected chi connectivity index (χ4v) is 1.50.